The van der Waals surface area contributed by atoms with E-state index in [4.69, 9.17) is 4.74 Å². The summed E-state index contributed by atoms with van der Waals surface area (Å²) in [4.78, 5) is 23.9. The van der Waals surface area contributed by atoms with Gasteiger partial charge in [-0.2, -0.15) is 0 Å². The van der Waals surface area contributed by atoms with Gasteiger partial charge in [0.25, 0.3) is 5.91 Å². The van der Waals surface area contributed by atoms with E-state index in [1.807, 2.05) is 6.92 Å². The third-order valence-corrected chi connectivity index (χ3v) is 1.89. The average Bonchev–Trinajstić information content (AvgIpc) is 2.34. The van der Waals surface area contributed by atoms with Crippen molar-refractivity contribution >= 4 is 11.9 Å². The smallest absolute Gasteiger partial charge is 0.324 e. The lowest BCUT2D eigenvalue weighted by atomic mass is 10.3. The quantitative estimate of drug-likeness (QED) is 0.627. The molecule has 0 aromatic heterocycles. The topological polar surface area (TPSA) is 58.6 Å². The molecule has 1 fully saturated rings. The Balaban J connectivity index is 2.58. The van der Waals surface area contributed by atoms with Crippen LogP contribution in [0, 0.1) is 0 Å². The Morgan fingerprint density at radius 1 is 1.54 bits per heavy atom. The van der Waals surface area contributed by atoms with Crippen molar-refractivity contribution in [2.24, 2.45) is 0 Å². The van der Waals surface area contributed by atoms with Gasteiger partial charge in [-0.3, -0.25) is 9.69 Å². The molecule has 1 atom stereocenters. The van der Waals surface area contributed by atoms with E-state index in [1.165, 1.54) is 12.0 Å². The third kappa shape index (κ3) is 1.98. The first-order valence-electron chi connectivity index (χ1n) is 4.31. The number of carbonyl (C=O) groups is 2. The molecule has 1 aliphatic heterocycles. The zero-order valence-corrected chi connectivity index (χ0v) is 7.87. The summed E-state index contributed by atoms with van der Waals surface area (Å²) in [5.41, 5.74) is 0. The van der Waals surface area contributed by atoms with Crippen LogP contribution in [-0.4, -0.2) is 43.1 Å². The maximum Gasteiger partial charge on any atom is 0.324 e. The minimum atomic E-state index is -0.496. The Bertz CT molecular complexity index is 217. The van der Waals surface area contributed by atoms with Gasteiger partial charge in [0.15, 0.2) is 0 Å². The molecular formula is C8H14N2O3. The SMILES string of the molecule is CCCN1C(=O)NC(COC)C1=O. The lowest BCUT2D eigenvalue weighted by molar-refractivity contribution is -0.128. The molecule has 0 spiro atoms. The molecule has 1 aliphatic rings. The van der Waals surface area contributed by atoms with Crippen molar-refractivity contribution in [3.05, 3.63) is 0 Å². The monoisotopic (exact) mass is 186 g/mol. The maximum absolute atomic E-state index is 11.5. The fourth-order valence-electron chi connectivity index (χ4n) is 1.29. The van der Waals surface area contributed by atoms with Gasteiger partial charge >= 0.3 is 6.03 Å². The van der Waals surface area contributed by atoms with Gasteiger partial charge in [0, 0.05) is 13.7 Å². The number of rotatable bonds is 4. The summed E-state index contributed by atoms with van der Waals surface area (Å²) in [6.45, 7) is 2.64. The number of nitrogens with zero attached hydrogens (tertiary/aromatic N) is 1. The van der Waals surface area contributed by atoms with Crippen LogP contribution in [0.5, 0.6) is 0 Å². The molecule has 0 aliphatic carbocycles. The van der Waals surface area contributed by atoms with Crippen LogP contribution < -0.4 is 5.32 Å². The number of nitrogens with one attached hydrogen (secondary N) is 1. The van der Waals surface area contributed by atoms with Gasteiger partial charge in [-0.15, -0.1) is 0 Å². The predicted molar refractivity (Wildman–Crippen MR) is 46.2 cm³/mol. The second-order valence-corrected chi connectivity index (χ2v) is 2.95. The van der Waals surface area contributed by atoms with Crippen LogP contribution in [0.15, 0.2) is 0 Å². The molecule has 0 saturated carbocycles. The molecule has 0 bridgehead atoms. The Morgan fingerprint density at radius 2 is 2.23 bits per heavy atom. The van der Waals surface area contributed by atoms with Gasteiger partial charge in [0.1, 0.15) is 6.04 Å². The van der Waals surface area contributed by atoms with Crippen LogP contribution in [0.1, 0.15) is 13.3 Å². The minimum absolute atomic E-state index is 0.186. The van der Waals surface area contributed by atoms with Gasteiger partial charge in [-0.1, -0.05) is 6.92 Å². The number of ether oxygens (including phenoxy) is 1. The fraction of sp³-hybridized carbons (Fsp3) is 0.750. The number of carbonyl (C=O) groups excluding carboxylic acids is 2. The van der Waals surface area contributed by atoms with E-state index in [-0.39, 0.29) is 18.5 Å². The van der Waals surface area contributed by atoms with Crippen LogP contribution in [0.25, 0.3) is 0 Å². The number of hydrogen-bond acceptors (Lipinski definition) is 3. The van der Waals surface area contributed by atoms with Gasteiger partial charge in [0.2, 0.25) is 0 Å². The normalized spacial score (nSPS) is 22.3. The Labute approximate surface area is 77.0 Å². The molecule has 5 heteroatoms. The van der Waals surface area contributed by atoms with Crippen molar-refractivity contribution in [1.82, 2.24) is 10.2 Å². The summed E-state index contributed by atoms with van der Waals surface area (Å²) in [5, 5.41) is 2.55. The second kappa shape index (κ2) is 4.23. The average molecular weight is 186 g/mol. The van der Waals surface area contributed by atoms with E-state index in [0.717, 1.165) is 6.42 Å². The van der Waals surface area contributed by atoms with E-state index >= 15 is 0 Å². The summed E-state index contributed by atoms with van der Waals surface area (Å²) >= 11 is 0. The van der Waals surface area contributed by atoms with Crippen LogP contribution in [0.3, 0.4) is 0 Å². The van der Waals surface area contributed by atoms with Crippen LogP contribution in [0.4, 0.5) is 4.79 Å². The van der Waals surface area contributed by atoms with Crippen molar-refractivity contribution in [3.8, 4) is 0 Å². The Hall–Kier alpha value is -1.10. The van der Waals surface area contributed by atoms with Gasteiger partial charge in [-0.25, -0.2) is 4.79 Å². The summed E-state index contributed by atoms with van der Waals surface area (Å²) in [6.07, 6.45) is 0.777. The first-order valence-corrected chi connectivity index (χ1v) is 4.31. The zero-order valence-electron chi connectivity index (χ0n) is 7.87. The fourth-order valence-corrected chi connectivity index (χ4v) is 1.29. The molecule has 0 aromatic rings. The number of urea groups is 1. The van der Waals surface area contributed by atoms with E-state index in [9.17, 15) is 9.59 Å². The van der Waals surface area contributed by atoms with E-state index < -0.39 is 6.04 Å². The Morgan fingerprint density at radius 3 is 2.77 bits per heavy atom. The van der Waals surface area contributed by atoms with E-state index in [2.05, 4.69) is 5.32 Å². The van der Waals surface area contributed by atoms with Crippen LogP contribution >= 0.6 is 0 Å². The molecule has 1 saturated heterocycles. The summed E-state index contributed by atoms with van der Waals surface area (Å²) < 4.78 is 4.81. The lowest BCUT2D eigenvalue weighted by Crippen LogP contribution is -2.34. The number of imide groups is 1. The van der Waals surface area contributed by atoms with Crippen LogP contribution in [-0.2, 0) is 9.53 Å². The van der Waals surface area contributed by atoms with Crippen molar-refractivity contribution in [3.63, 3.8) is 0 Å². The molecule has 3 amide bonds. The molecule has 13 heavy (non-hydrogen) atoms. The first-order chi connectivity index (χ1) is 6.20. The van der Waals surface area contributed by atoms with Crippen molar-refractivity contribution in [1.29, 1.82) is 0 Å². The highest BCUT2D eigenvalue weighted by Crippen LogP contribution is 2.06. The first kappa shape index (κ1) is 9.98. The maximum atomic E-state index is 11.5. The predicted octanol–water partition coefficient (Wildman–Crippen LogP) is -0.0368. The molecule has 1 rings (SSSR count). The largest absolute Gasteiger partial charge is 0.382 e. The summed E-state index contributed by atoms with van der Waals surface area (Å²) in [5.74, 6) is -0.186. The molecule has 5 nitrogen and oxygen atoms in total. The van der Waals surface area contributed by atoms with Gasteiger partial charge in [0.05, 0.1) is 6.61 Å². The highest BCUT2D eigenvalue weighted by Gasteiger charge is 2.36. The molecule has 0 radical (unpaired) electrons. The second-order valence-electron chi connectivity index (χ2n) is 2.95. The van der Waals surface area contributed by atoms with Crippen molar-refractivity contribution < 1.29 is 14.3 Å². The molecule has 0 aromatic carbocycles. The standard InChI is InChI=1S/C8H14N2O3/c1-3-4-10-7(11)6(5-13-2)9-8(10)12/h6H,3-5H2,1-2H3,(H,9,12). The van der Waals surface area contributed by atoms with Crippen molar-refractivity contribution in [2.75, 3.05) is 20.3 Å². The molecule has 1 heterocycles. The summed E-state index contributed by atoms with van der Waals surface area (Å²) in [6, 6.07) is -0.807. The van der Waals surface area contributed by atoms with Crippen molar-refractivity contribution in [2.45, 2.75) is 19.4 Å². The van der Waals surface area contributed by atoms with Crippen LogP contribution in [0.2, 0.25) is 0 Å². The minimum Gasteiger partial charge on any atom is -0.382 e. The number of amides is 3. The molecular weight excluding hydrogens is 172 g/mol. The molecule has 74 valence electrons. The molecule has 1 N–H and O–H groups in total. The molecule has 1 unspecified atom stereocenters. The van der Waals surface area contributed by atoms with E-state index in [1.54, 1.807) is 0 Å². The zero-order chi connectivity index (χ0) is 9.84. The highest BCUT2D eigenvalue weighted by atomic mass is 16.5. The van der Waals surface area contributed by atoms with E-state index in [0.29, 0.717) is 6.54 Å². The Kier molecular flexibility index (Phi) is 3.25. The highest BCUT2D eigenvalue weighted by molar-refractivity contribution is 6.04. The third-order valence-electron chi connectivity index (χ3n) is 1.89. The van der Waals surface area contributed by atoms with Gasteiger partial charge in [-0.05, 0) is 6.42 Å². The summed E-state index contributed by atoms with van der Waals surface area (Å²) in [7, 11) is 1.50. The lowest BCUT2D eigenvalue weighted by Gasteiger charge is -2.10. The number of hydrogen-bond donors (Lipinski definition) is 1. The van der Waals surface area contributed by atoms with Gasteiger partial charge < -0.3 is 10.1 Å². The number of methoxy groups -OCH3 is 1.